The lowest BCUT2D eigenvalue weighted by molar-refractivity contribution is 0.152. The number of hydrazine groups is 1. The Morgan fingerprint density at radius 2 is 2.06 bits per heavy atom. The quantitative estimate of drug-likeness (QED) is 0.910. The molecule has 3 rings (SSSR count). The fraction of sp³-hybridized carbons (Fsp3) is 0.429. The molecule has 2 aromatic heterocycles. The van der Waals surface area contributed by atoms with Crippen LogP contribution in [0, 0.1) is 0 Å². The van der Waals surface area contributed by atoms with E-state index >= 15 is 0 Å². The van der Waals surface area contributed by atoms with Gasteiger partial charge in [0.25, 0.3) is 0 Å². The molecule has 1 aliphatic rings. The van der Waals surface area contributed by atoms with Crippen LogP contribution in [0.4, 0.5) is 0 Å². The maximum atomic E-state index is 3.54. The van der Waals surface area contributed by atoms with Crippen LogP contribution < -0.4 is 5.43 Å². The molecule has 18 heavy (non-hydrogen) atoms. The van der Waals surface area contributed by atoms with Crippen molar-refractivity contribution < 1.29 is 0 Å². The van der Waals surface area contributed by atoms with Crippen LogP contribution in [-0.2, 0) is 6.54 Å². The van der Waals surface area contributed by atoms with E-state index in [4.69, 9.17) is 0 Å². The van der Waals surface area contributed by atoms with E-state index in [0.29, 0.717) is 0 Å². The fourth-order valence-electron chi connectivity index (χ4n) is 2.29. The Bertz CT molecular complexity index is 470. The topological polar surface area (TPSA) is 15.3 Å². The number of hydrogen-bond donors (Lipinski definition) is 1. The molecule has 0 saturated carbocycles. The van der Waals surface area contributed by atoms with Gasteiger partial charge in [-0.05, 0) is 35.7 Å². The lowest BCUT2D eigenvalue weighted by atomic mass is 10.2. The second-order valence-corrected chi connectivity index (χ2v) is 6.61. The normalized spacial score (nSPS) is 17.1. The maximum absolute atomic E-state index is 3.54. The smallest absolute Gasteiger partial charge is 0.0447 e. The molecule has 0 radical (unpaired) electrons. The van der Waals surface area contributed by atoms with Crippen molar-refractivity contribution in [1.82, 2.24) is 10.4 Å². The molecule has 1 fully saturated rings. The van der Waals surface area contributed by atoms with Crippen molar-refractivity contribution in [2.45, 2.75) is 25.8 Å². The summed E-state index contributed by atoms with van der Waals surface area (Å²) in [4.78, 5) is 2.79. The minimum atomic E-state index is 0.968. The first-order valence-corrected chi connectivity index (χ1v) is 8.27. The molecule has 96 valence electrons. The third kappa shape index (κ3) is 3.01. The third-order valence-corrected chi connectivity index (χ3v) is 5.15. The molecule has 1 saturated heterocycles. The summed E-state index contributed by atoms with van der Waals surface area (Å²) in [6.07, 6.45) is 4.05. The highest BCUT2D eigenvalue weighted by Gasteiger charge is 2.10. The highest BCUT2D eigenvalue weighted by Crippen LogP contribution is 2.29. The Morgan fingerprint density at radius 3 is 2.83 bits per heavy atom. The standard InChI is InChI=1S/C14H18N2S2/c1-2-6-16(7-3-1)15-10-13-9-12(11-18-13)14-5-4-8-17-14/h4-5,8-9,11,15H,1-3,6-7,10H2. The number of piperidine rings is 1. The summed E-state index contributed by atoms with van der Waals surface area (Å²) in [6.45, 7) is 3.36. The van der Waals surface area contributed by atoms with Crippen molar-refractivity contribution in [1.29, 1.82) is 0 Å². The minimum Gasteiger partial charge on any atom is -0.250 e. The molecular formula is C14H18N2S2. The van der Waals surface area contributed by atoms with Crippen molar-refractivity contribution in [3.05, 3.63) is 33.8 Å². The molecule has 3 heterocycles. The van der Waals surface area contributed by atoms with Gasteiger partial charge in [0.2, 0.25) is 0 Å². The van der Waals surface area contributed by atoms with Gasteiger partial charge in [0.15, 0.2) is 0 Å². The molecule has 0 spiro atoms. The van der Waals surface area contributed by atoms with E-state index in [1.807, 2.05) is 22.7 Å². The highest BCUT2D eigenvalue weighted by molar-refractivity contribution is 7.14. The van der Waals surface area contributed by atoms with Crippen LogP contribution >= 0.6 is 22.7 Å². The van der Waals surface area contributed by atoms with Crippen LogP contribution in [-0.4, -0.2) is 18.1 Å². The molecular weight excluding hydrogens is 260 g/mol. The summed E-state index contributed by atoms with van der Waals surface area (Å²) in [7, 11) is 0. The summed E-state index contributed by atoms with van der Waals surface area (Å²) in [6, 6.07) is 6.62. The molecule has 2 aromatic rings. The first kappa shape index (κ1) is 12.4. The third-order valence-electron chi connectivity index (χ3n) is 3.29. The van der Waals surface area contributed by atoms with Gasteiger partial charge in [-0.3, -0.25) is 0 Å². The van der Waals surface area contributed by atoms with Gasteiger partial charge in [0, 0.05) is 35.0 Å². The maximum Gasteiger partial charge on any atom is 0.0447 e. The van der Waals surface area contributed by atoms with Gasteiger partial charge in [-0.2, -0.15) is 0 Å². The summed E-state index contributed by atoms with van der Waals surface area (Å²) in [5.74, 6) is 0. The SMILES string of the molecule is c1csc(-c2csc(CNN3CCCCC3)c2)c1. The lowest BCUT2D eigenvalue weighted by Gasteiger charge is -2.26. The number of hydrogen-bond acceptors (Lipinski definition) is 4. The van der Waals surface area contributed by atoms with Gasteiger partial charge < -0.3 is 0 Å². The molecule has 1 aliphatic heterocycles. The second-order valence-electron chi connectivity index (χ2n) is 4.66. The van der Waals surface area contributed by atoms with E-state index in [0.717, 1.165) is 6.54 Å². The first-order valence-electron chi connectivity index (χ1n) is 6.51. The van der Waals surface area contributed by atoms with E-state index in [2.05, 4.69) is 39.4 Å². The minimum absolute atomic E-state index is 0.968. The van der Waals surface area contributed by atoms with Gasteiger partial charge in [-0.1, -0.05) is 12.5 Å². The van der Waals surface area contributed by atoms with Crippen molar-refractivity contribution in [2.24, 2.45) is 0 Å². The van der Waals surface area contributed by atoms with Crippen LogP contribution in [0.2, 0.25) is 0 Å². The molecule has 0 aliphatic carbocycles. The molecule has 1 N–H and O–H groups in total. The highest BCUT2D eigenvalue weighted by atomic mass is 32.1. The molecule has 0 aromatic carbocycles. The Morgan fingerprint density at radius 1 is 1.17 bits per heavy atom. The van der Waals surface area contributed by atoms with Crippen LogP contribution in [0.5, 0.6) is 0 Å². The van der Waals surface area contributed by atoms with Gasteiger partial charge in [0.05, 0.1) is 0 Å². The van der Waals surface area contributed by atoms with Crippen molar-refractivity contribution in [3.63, 3.8) is 0 Å². The molecule has 0 amide bonds. The fourth-order valence-corrected chi connectivity index (χ4v) is 3.89. The predicted molar refractivity (Wildman–Crippen MR) is 79.9 cm³/mol. The van der Waals surface area contributed by atoms with Crippen molar-refractivity contribution in [2.75, 3.05) is 13.1 Å². The van der Waals surface area contributed by atoms with E-state index in [-0.39, 0.29) is 0 Å². The van der Waals surface area contributed by atoms with Crippen molar-refractivity contribution >= 4 is 22.7 Å². The van der Waals surface area contributed by atoms with E-state index in [1.165, 1.54) is 47.7 Å². The largest absolute Gasteiger partial charge is 0.250 e. The van der Waals surface area contributed by atoms with Crippen LogP contribution in [0.3, 0.4) is 0 Å². The van der Waals surface area contributed by atoms with Crippen LogP contribution in [0.1, 0.15) is 24.1 Å². The molecule has 4 heteroatoms. The van der Waals surface area contributed by atoms with Gasteiger partial charge in [-0.15, -0.1) is 22.7 Å². The second kappa shape index (κ2) is 5.97. The van der Waals surface area contributed by atoms with Gasteiger partial charge in [0.1, 0.15) is 0 Å². The average molecular weight is 278 g/mol. The number of nitrogens with zero attached hydrogens (tertiary/aromatic N) is 1. The predicted octanol–water partition coefficient (Wildman–Crippen LogP) is 3.97. The first-order chi connectivity index (χ1) is 8.92. The summed E-state index contributed by atoms with van der Waals surface area (Å²) in [5, 5.41) is 6.77. The van der Waals surface area contributed by atoms with Gasteiger partial charge in [-0.25, -0.2) is 10.4 Å². The Hall–Kier alpha value is -0.680. The van der Waals surface area contributed by atoms with Crippen molar-refractivity contribution in [3.8, 4) is 10.4 Å². The monoisotopic (exact) mass is 278 g/mol. The number of nitrogens with one attached hydrogen (secondary N) is 1. The van der Waals surface area contributed by atoms with E-state index in [1.54, 1.807) is 0 Å². The Labute approximate surface area is 116 Å². The number of thiophene rings is 2. The molecule has 0 atom stereocenters. The average Bonchev–Trinajstić information content (AvgIpc) is 3.08. The zero-order chi connectivity index (χ0) is 12.2. The summed E-state index contributed by atoms with van der Waals surface area (Å²) >= 11 is 3.67. The molecule has 2 nitrogen and oxygen atoms in total. The molecule has 0 bridgehead atoms. The van der Waals surface area contributed by atoms with Gasteiger partial charge >= 0.3 is 0 Å². The zero-order valence-electron chi connectivity index (χ0n) is 10.4. The van der Waals surface area contributed by atoms with E-state index in [9.17, 15) is 0 Å². The van der Waals surface area contributed by atoms with Crippen LogP contribution in [0.25, 0.3) is 10.4 Å². The number of rotatable bonds is 4. The lowest BCUT2D eigenvalue weighted by Crippen LogP contribution is -2.40. The summed E-state index contributed by atoms with van der Waals surface area (Å²) < 4.78 is 0. The summed E-state index contributed by atoms with van der Waals surface area (Å²) in [5.41, 5.74) is 4.91. The Balaban J connectivity index is 1.57. The Kier molecular flexibility index (Phi) is 4.10. The zero-order valence-corrected chi connectivity index (χ0v) is 12.0. The molecule has 0 unspecified atom stereocenters. The van der Waals surface area contributed by atoms with Crippen LogP contribution in [0.15, 0.2) is 29.0 Å². The van der Waals surface area contributed by atoms with E-state index < -0.39 is 0 Å².